The third kappa shape index (κ3) is 2.42. The second-order valence-electron chi connectivity index (χ2n) is 2.55. The fraction of sp³-hybridized carbons (Fsp3) is 0.143. The molecule has 72 valence electrons. The van der Waals surface area contributed by atoms with Crippen molar-refractivity contribution in [3.8, 4) is 0 Å². The molecule has 0 saturated heterocycles. The number of benzene rings is 1. The first kappa shape index (κ1) is 11.4. The summed E-state index contributed by atoms with van der Waals surface area (Å²) in [4.78, 5) is 0.127. The molecule has 1 aromatic carbocycles. The van der Waals surface area contributed by atoms with Crippen LogP contribution in [0.15, 0.2) is 21.5 Å². The lowest BCUT2D eigenvalue weighted by Crippen LogP contribution is -2.13. The highest BCUT2D eigenvalue weighted by molar-refractivity contribution is 14.1. The van der Waals surface area contributed by atoms with Crippen LogP contribution in [0, 0.1) is 10.5 Å². The van der Waals surface area contributed by atoms with Crippen molar-refractivity contribution in [3.63, 3.8) is 0 Å². The topological polar surface area (TPSA) is 60.2 Å². The van der Waals surface area contributed by atoms with Crippen molar-refractivity contribution in [3.05, 3.63) is 25.7 Å². The number of hydrogen-bond acceptors (Lipinski definition) is 2. The number of sulfonamides is 1. The Bertz CT molecular complexity index is 444. The molecule has 0 amide bonds. The number of hydrogen-bond donors (Lipinski definition) is 1. The Morgan fingerprint density at radius 1 is 1.46 bits per heavy atom. The Kier molecular flexibility index (Phi) is 3.37. The van der Waals surface area contributed by atoms with E-state index in [-0.39, 0.29) is 4.90 Å². The largest absolute Gasteiger partial charge is 0.239 e. The van der Waals surface area contributed by atoms with E-state index in [0.717, 1.165) is 9.13 Å². The van der Waals surface area contributed by atoms with E-state index in [1.165, 1.54) is 6.07 Å². The Balaban J connectivity index is 3.53. The van der Waals surface area contributed by atoms with Crippen LogP contribution in [-0.4, -0.2) is 8.42 Å². The smallest absolute Gasteiger partial charge is 0.225 e. The van der Waals surface area contributed by atoms with Crippen molar-refractivity contribution in [2.24, 2.45) is 5.14 Å². The van der Waals surface area contributed by atoms with Gasteiger partial charge in [-0.15, -0.1) is 0 Å². The van der Waals surface area contributed by atoms with Gasteiger partial charge in [0.15, 0.2) is 0 Å². The van der Waals surface area contributed by atoms with E-state index in [1.807, 2.05) is 6.92 Å². The molecule has 1 aromatic rings. The molecule has 0 aliphatic carbocycles. The third-order valence-corrected chi connectivity index (χ3v) is 5.72. The summed E-state index contributed by atoms with van der Waals surface area (Å²) in [5.41, 5.74) is 1.01. The molecule has 0 atom stereocenters. The summed E-state index contributed by atoms with van der Waals surface area (Å²) in [6, 6.07) is 3.23. The fourth-order valence-corrected chi connectivity index (χ4v) is 3.23. The lowest BCUT2D eigenvalue weighted by atomic mass is 10.2. The SMILES string of the molecule is Cc1ccc(S(N)(=O)=O)c(Br)c1I. The second-order valence-corrected chi connectivity index (χ2v) is 5.96. The Hall–Kier alpha value is 0.340. The maximum absolute atomic E-state index is 11.1. The minimum absolute atomic E-state index is 0.127. The van der Waals surface area contributed by atoms with E-state index in [4.69, 9.17) is 5.14 Å². The third-order valence-electron chi connectivity index (χ3n) is 1.55. The van der Waals surface area contributed by atoms with Crippen LogP contribution in [0.3, 0.4) is 0 Å². The molecule has 0 aromatic heterocycles. The van der Waals surface area contributed by atoms with Crippen LogP contribution in [0.1, 0.15) is 5.56 Å². The molecule has 1 rings (SSSR count). The molecule has 0 heterocycles. The number of aryl methyl sites for hydroxylation is 1. The molecule has 0 aliphatic heterocycles. The summed E-state index contributed by atoms with van der Waals surface area (Å²) in [7, 11) is -3.62. The molecule has 0 radical (unpaired) electrons. The molecular weight excluding hydrogens is 369 g/mol. The normalized spacial score (nSPS) is 11.7. The molecule has 3 nitrogen and oxygen atoms in total. The van der Waals surface area contributed by atoms with Gasteiger partial charge in [-0.25, -0.2) is 13.6 Å². The van der Waals surface area contributed by atoms with Gasteiger partial charge in [-0.1, -0.05) is 6.07 Å². The highest BCUT2D eigenvalue weighted by atomic mass is 127. The highest BCUT2D eigenvalue weighted by Gasteiger charge is 2.15. The Labute approximate surface area is 99.0 Å². The minimum Gasteiger partial charge on any atom is -0.225 e. The van der Waals surface area contributed by atoms with Crippen LogP contribution in [0.5, 0.6) is 0 Å². The molecule has 0 spiro atoms. The number of halogens is 2. The number of rotatable bonds is 1. The first-order chi connectivity index (χ1) is 5.84. The summed E-state index contributed by atoms with van der Waals surface area (Å²) in [6.07, 6.45) is 0. The van der Waals surface area contributed by atoms with Crippen molar-refractivity contribution in [1.29, 1.82) is 0 Å². The maximum Gasteiger partial charge on any atom is 0.239 e. The maximum atomic E-state index is 11.1. The molecular formula is C7H7BrINO2S. The van der Waals surface area contributed by atoms with Gasteiger partial charge in [0.1, 0.15) is 0 Å². The first-order valence-corrected chi connectivity index (χ1v) is 6.73. The predicted octanol–water partition coefficient (Wildman–Crippen LogP) is 2.01. The van der Waals surface area contributed by atoms with Crippen LogP contribution >= 0.6 is 38.5 Å². The van der Waals surface area contributed by atoms with Gasteiger partial charge in [-0.2, -0.15) is 0 Å². The van der Waals surface area contributed by atoms with Crippen molar-refractivity contribution in [1.82, 2.24) is 0 Å². The molecule has 0 fully saturated rings. The Morgan fingerprint density at radius 3 is 2.46 bits per heavy atom. The molecule has 6 heteroatoms. The highest BCUT2D eigenvalue weighted by Crippen LogP contribution is 2.28. The van der Waals surface area contributed by atoms with E-state index >= 15 is 0 Å². The monoisotopic (exact) mass is 375 g/mol. The van der Waals surface area contributed by atoms with E-state index in [2.05, 4.69) is 38.5 Å². The summed E-state index contributed by atoms with van der Waals surface area (Å²) in [5.74, 6) is 0. The van der Waals surface area contributed by atoms with Gasteiger partial charge in [0.2, 0.25) is 10.0 Å². The van der Waals surface area contributed by atoms with Crippen LogP contribution < -0.4 is 5.14 Å². The minimum atomic E-state index is -3.62. The van der Waals surface area contributed by atoms with Gasteiger partial charge in [0.05, 0.1) is 9.37 Å². The van der Waals surface area contributed by atoms with Crippen LogP contribution in [0.25, 0.3) is 0 Å². The van der Waals surface area contributed by atoms with Crippen molar-refractivity contribution in [2.45, 2.75) is 11.8 Å². The van der Waals surface area contributed by atoms with Crippen molar-refractivity contribution < 1.29 is 8.42 Å². The van der Waals surface area contributed by atoms with Gasteiger partial charge in [-0.05, 0) is 57.1 Å². The van der Waals surface area contributed by atoms with Gasteiger partial charge in [0, 0.05) is 3.57 Å². The standard InChI is InChI=1S/C7H7BrINO2S/c1-4-2-3-5(13(10,11)12)6(8)7(4)9/h2-3H,1H3,(H2,10,11,12). The van der Waals surface area contributed by atoms with E-state index in [9.17, 15) is 8.42 Å². The first-order valence-electron chi connectivity index (χ1n) is 3.31. The van der Waals surface area contributed by atoms with E-state index in [1.54, 1.807) is 6.07 Å². The number of primary sulfonamides is 1. The van der Waals surface area contributed by atoms with Crippen LogP contribution in [-0.2, 0) is 10.0 Å². The lowest BCUT2D eigenvalue weighted by molar-refractivity contribution is 0.597. The molecule has 13 heavy (non-hydrogen) atoms. The van der Waals surface area contributed by atoms with Crippen molar-refractivity contribution >= 4 is 48.5 Å². The van der Waals surface area contributed by atoms with Crippen LogP contribution in [0.2, 0.25) is 0 Å². The average molecular weight is 376 g/mol. The summed E-state index contributed by atoms with van der Waals surface area (Å²) in [6.45, 7) is 1.90. The van der Waals surface area contributed by atoms with Gasteiger partial charge in [0.25, 0.3) is 0 Å². The van der Waals surface area contributed by atoms with E-state index < -0.39 is 10.0 Å². The van der Waals surface area contributed by atoms with Gasteiger partial charge >= 0.3 is 0 Å². The van der Waals surface area contributed by atoms with Gasteiger partial charge in [-0.3, -0.25) is 0 Å². The molecule has 2 N–H and O–H groups in total. The van der Waals surface area contributed by atoms with Crippen molar-refractivity contribution in [2.75, 3.05) is 0 Å². The lowest BCUT2D eigenvalue weighted by Gasteiger charge is -2.05. The zero-order valence-electron chi connectivity index (χ0n) is 6.71. The second kappa shape index (κ2) is 3.84. The summed E-state index contributed by atoms with van der Waals surface area (Å²) >= 11 is 5.27. The fourth-order valence-electron chi connectivity index (χ4n) is 0.848. The average Bonchev–Trinajstić information content (AvgIpc) is 1.98. The molecule has 0 aliphatic rings. The van der Waals surface area contributed by atoms with E-state index in [0.29, 0.717) is 4.47 Å². The predicted molar refractivity (Wildman–Crippen MR) is 63.0 cm³/mol. The molecule has 0 unspecified atom stereocenters. The molecule has 0 bridgehead atoms. The van der Waals surface area contributed by atoms with Crippen LogP contribution in [0.4, 0.5) is 0 Å². The molecule has 0 saturated carbocycles. The van der Waals surface area contributed by atoms with Gasteiger partial charge < -0.3 is 0 Å². The quantitative estimate of drug-likeness (QED) is 0.763. The zero-order chi connectivity index (χ0) is 10.2. The summed E-state index contributed by atoms with van der Waals surface area (Å²) in [5, 5.41) is 5.02. The number of nitrogens with two attached hydrogens (primary N) is 1. The summed E-state index contributed by atoms with van der Waals surface area (Å²) < 4.78 is 23.5. The Morgan fingerprint density at radius 2 is 2.00 bits per heavy atom. The zero-order valence-corrected chi connectivity index (χ0v) is 11.3.